The summed E-state index contributed by atoms with van der Waals surface area (Å²) in [5.41, 5.74) is 1.09. The number of anilines is 1. The van der Waals surface area contributed by atoms with Crippen molar-refractivity contribution in [3.8, 4) is 10.6 Å². The van der Waals surface area contributed by atoms with E-state index >= 15 is 0 Å². The van der Waals surface area contributed by atoms with Gasteiger partial charge in [-0.05, 0) is 6.07 Å². The number of aromatic nitrogens is 3. The molecule has 3 aromatic rings. The molecule has 0 atom stereocenters. The minimum absolute atomic E-state index is 0.0118. The maximum atomic E-state index is 12.1. The third-order valence-corrected chi connectivity index (χ3v) is 4.22. The zero-order valence-corrected chi connectivity index (χ0v) is 14.0. The van der Waals surface area contributed by atoms with Gasteiger partial charge in [-0.15, -0.1) is 10.2 Å². The summed E-state index contributed by atoms with van der Waals surface area (Å²) in [5, 5.41) is 15.7. The summed E-state index contributed by atoms with van der Waals surface area (Å²) in [7, 11) is 1.45. The Kier molecular flexibility index (Phi) is 4.59. The van der Waals surface area contributed by atoms with Gasteiger partial charge in [-0.3, -0.25) is 10.1 Å². The molecule has 0 unspecified atom stereocenters. The van der Waals surface area contributed by atoms with Crippen LogP contribution in [-0.4, -0.2) is 28.4 Å². The maximum absolute atomic E-state index is 12.1. The van der Waals surface area contributed by atoms with E-state index in [1.165, 1.54) is 24.5 Å². The van der Waals surface area contributed by atoms with Crippen LogP contribution in [0.4, 0.5) is 5.13 Å². The standard InChI is InChI=1S/C15H11ClN4O3S/c1-8(22-2)11-7-12(23-20-11)13(21)17-15-19-18-14(24-15)9-5-3-4-6-10(9)16/h3-7H,1H2,2H3,(H,17,19,21). The molecule has 24 heavy (non-hydrogen) atoms. The number of carbonyl (C=O) groups excluding carboxylic acids is 1. The summed E-state index contributed by atoms with van der Waals surface area (Å²) in [5.74, 6) is -0.188. The van der Waals surface area contributed by atoms with Crippen molar-refractivity contribution < 1.29 is 14.1 Å². The Morgan fingerprint density at radius 1 is 1.38 bits per heavy atom. The molecule has 0 aliphatic heterocycles. The first-order chi connectivity index (χ1) is 11.6. The van der Waals surface area contributed by atoms with Crippen LogP contribution < -0.4 is 5.32 Å². The average Bonchev–Trinajstić information content (AvgIpc) is 3.24. The lowest BCUT2D eigenvalue weighted by atomic mass is 10.2. The SMILES string of the molecule is C=C(OC)c1cc(C(=O)Nc2nnc(-c3ccccc3Cl)s2)on1. The Balaban J connectivity index is 1.75. The van der Waals surface area contributed by atoms with Crippen molar-refractivity contribution in [2.45, 2.75) is 0 Å². The number of methoxy groups -OCH3 is 1. The molecule has 122 valence electrons. The second-order valence-electron chi connectivity index (χ2n) is 4.55. The Morgan fingerprint density at radius 2 is 2.17 bits per heavy atom. The second kappa shape index (κ2) is 6.81. The molecule has 0 aliphatic rings. The molecule has 9 heteroatoms. The van der Waals surface area contributed by atoms with Crippen LogP contribution >= 0.6 is 22.9 Å². The molecule has 2 heterocycles. The van der Waals surface area contributed by atoms with Crippen molar-refractivity contribution in [3.05, 3.63) is 53.4 Å². The summed E-state index contributed by atoms with van der Waals surface area (Å²) in [6, 6.07) is 8.69. The molecule has 1 aromatic carbocycles. The zero-order chi connectivity index (χ0) is 17.1. The van der Waals surface area contributed by atoms with Crippen LogP contribution in [0.5, 0.6) is 0 Å². The number of nitrogens with zero attached hydrogens (tertiary/aromatic N) is 3. The van der Waals surface area contributed by atoms with Crippen LogP contribution in [-0.2, 0) is 4.74 Å². The first kappa shape index (κ1) is 16.2. The Bertz CT molecular complexity index is 906. The number of nitrogens with one attached hydrogen (secondary N) is 1. The number of hydrogen-bond acceptors (Lipinski definition) is 7. The Morgan fingerprint density at radius 3 is 2.92 bits per heavy atom. The number of halogens is 1. The molecule has 1 N–H and O–H groups in total. The van der Waals surface area contributed by atoms with Crippen molar-refractivity contribution in [2.24, 2.45) is 0 Å². The van der Waals surface area contributed by atoms with E-state index in [2.05, 4.69) is 27.2 Å². The van der Waals surface area contributed by atoms with Crippen LogP contribution in [0.1, 0.15) is 16.2 Å². The zero-order valence-electron chi connectivity index (χ0n) is 12.4. The highest BCUT2D eigenvalue weighted by molar-refractivity contribution is 7.18. The fourth-order valence-electron chi connectivity index (χ4n) is 1.79. The van der Waals surface area contributed by atoms with Gasteiger partial charge in [0.25, 0.3) is 5.91 Å². The summed E-state index contributed by atoms with van der Waals surface area (Å²) in [6.07, 6.45) is 0. The van der Waals surface area contributed by atoms with Gasteiger partial charge >= 0.3 is 0 Å². The van der Waals surface area contributed by atoms with Crippen LogP contribution in [0, 0.1) is 0 Å². The quantitative estimate of drug-likeness (QED) is 0.696. The van der Waals surface area contributed by atoms with Crippen molar-refractivity contribution >= 4 is 39.7 Å². The smallest absolute Gasteiger partial charge is 0.296 e. The third kappa shape index (κ3) is 3.29. The molecule has 0 saturated heterocycles. The first-order valence-electron chi connectivity index (χ1n) is 6.68. The fraction of sp³-hybridized carbons (Fsp3) is 0.0667. The fourth-order valence-corrected chi connectivity index (χ4v) is 2.85. The number of rotatable bonds is 5. The summed E-state index contributed by atoms with van der Waals surface area (Å²) < 4.78 is 9.89. The molecule has 1 amide bonds. The first-order valence-corrected chi connectivity index (χ1v) is 7.87. The number of hydrogen-bond donors (Lipinski definition) is 1. The predicted octanol–water partition coefficient (Wildman–Crippen LogP) is 3.72. The van der Waals surface area contributed by atoms with Gasteiger partial charge in [0.05, 0.1) is 12.1 Å². The van der Waals surface area contributed by atoms with Crippen LogP contribution in [0.25, 0.3) is 16.3 Å². The lowest BCUT2D eigenvalue weighted by molar-refractivity contribution is 0.0987. The highest BCUT2D eigenvalue weighted by Gasteiger charge is 2.17. The van der Waals surface area contributed by atoms with E-state index in [1.54, 1.807) is 6.07 Å². The monoisotopic (exact) mass is 362 g/mol. The van der Waals surface area contributed by atoms with Gasteiger partial charge in [-0.1, -0.05) is 52.9 Å². The molecule has 0 radical (unpaired) electrons. The molecule has 0 fully saturated rings. The van der Waals surface area contributed by atoms with Gasteiger partial charge in [-0.2, -0.15) is 0 Å². The summed E-state index contributed by atoms with van der Waals surface area (Å²) in [4.78, 5) is 12.1. The van der Waals surface area contributed by atoms with Crippen LogP contribution in [0.3, 0.4) is 0 Å². The minimum Gasteiger partial charge on any atom is -0.495 e. The topological polar surface area (TPSA) is 90.1 Å². The third-order valence-electron chi connectivity index (χ3n) is 3.02. The van der Waals surface area contributed by atoms with Crippen molar-refractivity contribution in [1.29, 1.82) is 0 Å². The Hall–Kier alpha value is -2.71. The minimum atomic E-state index is -0.500. The van der Waals surface area contributed by atoms with E-state index < -0.39 is 5.91 Å². The van der Waals surface area contributed by atoms with Gasteiger partial charge in [-0.25, -0.2) is 0 Å². The number of carbonyl (C=O) groups is 1. The largest absolute Gasteiger partial charge is 0.495 e. The van der Waals surface area contributed by atoms with Gasteiger partial charge in [0.1, 0.15) is 11.5 Å². The Labute approximate surface area is 145 Å². The number of benzene rings is 1. The molecule has 7 nitrogen and oxygen atoms in total. The van der Waals surface area contributed by atoms with Gasteiger partial charge < -0.3 is 9.26 Å². The lowest BCUT2D eigenvalue weighted by Gasteiger charge is -1.97. The van der Waals surface area contributed by atoms with E-state index in [0.717, 1.165) is 5.56 Å². The predicted molar refractivity (Wildman–Crippen MR) is 90.9 cm³/mol. The van der Waals surface area contributed by atoms with E-state index in [1.807, 2.05) is 18.2 Å². The summed E-state index contributed by atoms with van der Waals surface area (Å²) in [6.45, 7) is 3.64. The highest BCUT2D eigenvalue weighted by Crippen LogP contribution is 2.31. The molecule has 0 aliphatic carbocycles. The molecule has 0 spiro atoms. The van der Waals surface area contributed by atoms with E-state index in [-0.39, 0.29) is 5.76 Å². The van der Waals surface area contributed by atoms with E-state index in [9.17, 15) is 4.79 Å². The highest BCUT2D eigenvalue weighted by atomic mass is 35.5. The van der Waals surface area contributed by atoms with Crippen LogP contribution in [0.2, 0.25) is 5.02 Å². The molecule has 2 aromatic heterocycles. The normalized spacial score (nSPS) is 10.4. The number of ether oxygens (including phenoxy) is 1. The molecular formula is C15H11ClN4O3S. The van der Waals surface area contributed by atoms with Crippen molar-refractivity contribution in [2.75, 3.05) is 12.4 Å². The van der Waals surface area contributed by atoms with Gasteiger partial charge in [0.2, 0.25) is 10.9 Å². The van der Waals surface area contributed by atoms with E-state index in [4.69, 9.17) is 20.9 Å². The maximum Gasteiger partial charge on any atom is 0.296 e. The van der Waals surface area contributed by atoms with Gasteiger partial charge in [0, 0.05) is 11.6 Å². The number of amides is 1. The molecular weight excluding hydrogens is 352 g/mol. The van der Waals surface area contributed by atoms with Gasteiger partial charge in [0.15, 0.2) is 5.01 Å². The molecule has 0 bridgehead atoms. The molecule has 3 rings (SSSR count). The van der Waals surface area contributed by atoms with E-state index in [0.29, 0.717) is 26.6 Å². The summed E-state index contributed by atoms with van der Waals surface area (Å²) >= 11 is 7.32. The second-order valence-corrected chi connectivity index (χ2v) is 5.93. The van der Waals surface area contributed by atoms with Crippen molar-refractivity contribution in [3.63, 3.8) is 0 Å². The average molecular weight is 363 g/mol. The lowest BCUT2D eigenvalue weighted by Crippen LogP contribution is -2.10. The van der Waals surface area contributed by atoms with Crippen LogP contribution in [0.15, 0.2) is 41.4 Å². The molecule has 0 saturated carbocycles. The van der Waals surface area contributed by atoms with Crippen molar-refractivity contribution in [1.82, 2.24) is 15.4 Å².